The summed E-state index contributed by atoms with van der Waals surface area (Å²) in [4.78, 5) is 14.1. The maximum atomic E-state index is 10.3. The lowest BCUT2D eigenvalue weighted by atomic mass is 10.3. The van der Waals surface area contributed by atoms with E-state index < -0.39 is 5.97 Å². The summed E-state index contributed by atoms with van der Waals surface area (Å²) in [5.41, 5.74) is 0.169. The van der Waals surface area contributed by atoms with Gasteiger partial charge in [-0.15, -0.1) is 0 Å². The van der Waals surface area contributed by atoms with Gasteiger partial charge in [0.1, 0.15) is 5.03 Å². The lowest BCUT2D eigenvalue weighted by Crippen LogP contribution is -1.97. The Labute approximate surface area is 67.6 Å². The van der Waals surface area contributed by atoms with Gasteiger partial charge in [-0.3, -0.25) is 5.14 Å². The van der Waals surface area contributed by atoms with Gasteiger partial charge in [0, 0.05) is 6.20 Å². The fourth-order valence-corrected chi connectivity index (χ4v) is 0.837. The molecule has 0 amide bonds. The normalized spacial score (nSPS) is 9.55. The second kappa shape index (κ2) is 3.36. The van der Waals surface area contributed by atoms with Crippen LogP contribution in [0, 0.1) is 0 Å². The van der Waals surface area contributed by atoms with E-state index in [1.807, 2.05) is 0 Å². The number of carboxylic acids is 1. The molecule has 0 saturated heterocycles. The highest BCUT2D eigenvalue weighted by Gasteiger charge is 2.01. The molecule has 0 unspecified atom stereocenters. The monoisotopic (exact) mass is 170 g/mol. The number of nitrogens with zero attached hydrogens (tertiary/aromatic N) is 1. The Kier molecular flexibility index (Phi) is 2.45. The lowest BCUT2D eigenvalue weighted by molar-refractivity contribution is 0.0696. The van der Waals surface area contributed by atoms with Crippen molar-refractivity contribution >= 4 is 17.9 Å². The molecule has 1 heterocycles. The molecule has 5 heteroatoms. The fraction of sp³-hybridized carbons (Fsp3) is 0. The number of hydrogen-bond acceptors (Lipinski definition) is 4. The summed E-state index contributed by atoms with van der Waals surface area (Å²) in [6, 6.07) is 3.03. The summed E-state index contributed by atoms with van der Waals surface area (Å²) in [7, 11) is 0. The number of aromatic nitrogens is 1. The van der Waals surface area contributed by atoms with Gasteiger partial charge in [0.15, 0.2) is 0 Å². The van der Waals surface area contributed by atoms with Crippen molar-refractivity contribution < 1.29 is 9.90 Å². The third-order valence-corrected chi connectivity index (χ3v) is 1.59. The van der Waals surface area contributed by atoms with Crippen molar-refractivity contribution in [2.75, 3.05) is 0 Å². The molecule has 0 aliphatic carbocycles. The third kappa shape index (κ3) is 1.92. The average molecular weight is 170 g/mol. The number of carbonyl (C=O) groups is 1. The second-order valence-electron chi connectivity index (χ2n) is 1.81. The van der Waals surface area contributed by atoms with E-state index >= 15 is 0 Å². The standard InChI is InChI=1S/C6H6N2O2S/c7-11-5-2-1-4(3-8-5)6(9)10/h1-3H,7H2,(H,9,10). The molecule has 0 fully saturated rings. The van der Waals surface area contributed by atoms with Crippen LogP contribution >= 0.6 is 11.9 Å². The van der Waals surface area contributed by atoms with E-state index in [9.17, 15) is 4.79 Å². The number of rotatable bonds is 2. The molecule has 1 rings (SSSR count). The van der Waals surface area contributed by atoms with E-state index in [0.717, 1.165) is 11.9 Å². The molecule has 4 nitrogen and oxygen atoms in total. The minimum absolute atomic E-state index is 0.169. The van der Waals surface area contributed by atoms with Crippen molar-refractivity contribution in [2.24, 2.45) is 5.14 Å². The van der Waals surface area contributed by atoms with Crippen LogP contribution < -0.4 is 5.14 Å². The van der Waals surface area contributed by atoms with Crippen molar-refractivity contribution in [1.82, 2.24) is 4.98 Å². The van der Waals surface area contributed by atoms with Gasteiger partial charge in [-0.05, 0) is 24.1 Å². The zero-order valence-corrected chi connectivity index (χ0v) is 6.34. The van der Waals surface area contributed by atoms with Crippen LogP contribution in [0.2, 0.25) is 0 Å². The largest absolute Gasteiger partial charge is 0.478 e. The van der Waals surface area contributed by atoms with Crippen LogP contribution in [0.4, 0.5) is 0 Å². The van der Waals surface area contributed by atoms with Crippen molar-refractivity contribution in [3.8, 4) is 0 Å². The van der Waals surface area contributed by atoms with Crippen LogP contribution in [0.5, 0.6) is 0 Å². The summed E-state index contributed by atoms with van der Waals surface area (Å²) in [6.07, 6.45) is 1.28. The Balaban J connectivity index is 2.91. The Morgan fingerprint density at radius 1 is 1.64 bits per heavy atom. The van der Waals surface area contributed by atoms with Gasteiger partial charge in [-0.2, -0.15) is 0 Å². The molecule has 0 aromatic carbocycles. The molecule has 0 spiro atoms. The molecule has 0 aliphatic heterocycles. The molecule has 3 N–H and O–H groups in total. The van der Waals surface area contributed by atoms with E-state index in [1.165, 1.54) is 12.3 Å². The Hall–Kier alpha value is -1.07. The van der Waals surface area contributed by atoms with E-state index in [0.29, 0.717) is 5.03 Å². The fourth-order valence-electron chi connectivity index (χ4n) is 0.577. The third-order valence-electron chi connectivity index (χ3n) is 1.10. The molecule has 11 heavy (non-hydrogen) atoms. The molecule has 0 bridgehead atoms. The number of pyridine rings is 1. The smallest absolute Gasteiger partial charge is 0.337 e. The van der Waals surface area contributed by atoms with E-state index in [4.69, 9.17) is 10.2 Å². The molecule has 58 valence electrons. The van der Waals surface area contributed by atoms with Crippen LogP contribution in [-0.4, -0.2) is 16.1 Å². The quantitative estimate of drug-likeness (QED) is 0.640. The van der Waals surface area contributed by atoms with Gasteiger partial charge >= 0.3 is 5.97 Å². The molecular formula is C6H6N2O2S. The number of hydrogen-bond donors (Lipinski definition) is 2. The van der Waals surface area contributed by atoms with Crippen LogP contribution in [0.25, 0.3) is 0 Å². The maximum absolute atomic E-state index is 10.3. The van der Waals surface area contributed by atoms with Gasteiger partial charge in [-0.25, -0.2) is 9.78 Å². The minimum Gasteiger partial charge on any atom is -0.478 e. The molecule has 1 aromatic heterocycles. The summed E-state index contributed by atoms with van der Waals surface area (Å²) in [6.45, 7) is 0. The van der Waals surface area contributed by atoms with Gasteiger partial charge in [0.05, 0.1) is 5.56 Å². The summed E-state index contributed by atoms with van der Waals surface area (Å²) in [5, 5.41) is 14.3. The maximum Gasteiger partial charge on any atom is 0.337 e. The summed E-state index contributed by atoms with van der Waals surface area (Å²) >= 11 is 0.985. The van der Waals surface area contributed by atoms with Crippen LogP contribution in [0.15, 0.2) is 23.4 Å². The van der Waals surface area contributed by atoms with Crippen LogP contribution in [0.1, 0.15) is 10.4 Å². The number of carboxylic acid groups (broad SMARTS) is 1. The highest BCUT2D eigenvalue weighted by Crippen LogP contribution is 2.07. The average Bonchev–Trinajstić information content (AvgIpc) is 2.05. The second-order valence-corrected chi connectivity index (χ2v) is 2.46. The van der Waals surface area contributed by atoms with E-state index in [-0.39, 0.29) is 5.56 Å². The SMILES string of the molecule is NSc1ccc(C(=O)O)cn1. The molecule has 0 atom stereocenters. The zero-order valence-electron chi connectivity index (χ0n) is 5.52. The molecule has 0 saturated carbocycles. The van der Waals surface area contributed by atoms with Gasteiger partial charge in [0.2, 0.25) is 0 Å². The lowest BCUT2D eigenvalue weighted by Gasteiger charge is -1.94. The minimum atomic E-state index is -0.980. The first-order valence-electron chi connectivity index (χ1n) is 2.80. The van der Waals surface area contributed by atoms with Crippen molar-refractivity contribution in [1.29, 1.82) is 0 Å². The molecule has 1 aromatic rings. The topological polar surface area (TPSA) is 76.2 Å². The summed E-state index contributed by atoms with van der Waals surface area (Å²) in [5.74, 6) is -0.980. The Bertz CT molecular complexity index is 260. The predicted molar refractivity (Wildman–Crippen MR) is 41.2 cm³/mol. The highest BCUT2D eigenvalue weighted by atomic mass is 32.2. The highest BCUT2D eigenvalue weighted by molar-refractivity contribution is 7.97. The van der Waals surface area contributed by atoms with Crippen molar-refractivity contribution in [2.45, 2.75) is 5.03 Å². The van der Waals surface area contributed by atoms with Gasteiger partial charge in [0.25, 0.3) is 0 Å². The van der Waals surface area contributed by atoms with Crippen LogP contribution in [0.3, 0.4) is 0 Å². The van der Waals surface area contributed by atoms with Crippen molar-refractivity contribution in [3.05, 3.63) is 23.9 Å². The molecule has 0 aliphatic rings. The first-order valence-corrected chi connectivity index (χ1v) is 3.68. The molecule has 0 radical (unpaired) electrons. The van der Waals surface area contributed by atoms with E-state index in [1.54, 1.807) is 6.07 Å². The van der Waals surface area contributed by atoms with E-state index in [2.05, 4.69) is 4.98 Å². The van der Waals surface area contributed by atoms with Gasteiger partial charge in [-0.1, -0.05) is 0 Å². The first-order chi connectivity index (χ1) is 5.24. The Morgan fingerprint density at radius 3 is 2.73 bits per heavy atom. The molecular weight excluding hydrogens is 164 g/mol. The predicted octanol–water partition coefficient (Wildman–Crippen LogP) is 0.746. The first kappa shape index (κ1) is 8.03. The number of nitrogens with two attached hydrogens (primary N) is 1. The van der Waals surface area contributed by atoms with Crippen molar-refractivity contribution in [3.63, 3.8) is 0 Å². The number of aromatic carboxylic acids is 1. The zero-order chi connectivity index (χ0) is 8.27. The van der Waals surface area contributed by atoms with Crippen LogP contribution in [-0.2, 0) is 0 Å². The Morgan fingerprint density at radius 2 is 2.36 bits per heavy atom. The summed E-state index contributed by atoms with van der Waals surface area (Å²) < 4.78 is 0. The van der Waals surface area contributed by atoms with Gasteiger partial charge < -0.3 is 5.11 Å².